The molecule has 1 aromatic carbocycles. The number of rotatable bonds is 8. The summed E-state index contributed by atoms with van der Waals surface area (Å²) in [4.78, 5) is 19.2. The Morgan fingerprint density at radius 1 is 0.942 bits per heavy atom. The van der Waals surface area contributed by atoms with E-state index in [2.05, 4.69) is 83.3 Å². The van der Waals surface area contributed by atoms with Crippen LogP contribution < -0.4 is 0 Å². The Bertz CT molecular complexity index is 2180. The van der Waals surface area contributed by atoms with E-state index >= 15 is 0 Å². The topological polar surface area (TPSA) is 50.0 Å². The second-order valence-electron chi connectivity index (χ2n) is 12.5. The maximum Gasteiger partial charge on any atom is 0.170 e. The van der Waals surface area contributed by atoms with Crippen LogP contribution in [0.15, 0.2) is 217 Å². The summed E-state index contributed by atoms with van der Waals surface area (Å²) in [5.74, 6) is 1.09. The van der Waals surface area contributed by atoms with Crippen LogP contribution in [0.3, 0.4) is 0 Å². The van der Waals surface area contributed by atoms with E-state index in [1.165, 1.54) is 33.4 Å². The molecule has 4 aliphatic rings. The summed E-state index contributed by atoms with van der Waals surface area (Å²) in [7, 11) is 1.79. The van der Waals surface area contributed by atoms with E-state index in [9.17, 15) is 0 Å². The first-order valence-corrected chi connectivity index (χ1v) is 18.0. The number of allylic oxidation sites excluding steroid dienone is 17. The Kier molecular flexibility index (Phi) is 12.8. The molecule has 4 aliphatic carbocycles. The fraction of sp³-hybridized carbons (Fsp3) is 0.167. The molecule has 4 heteroatoms. The Morgan fingerprint density at radius 3 is 2.63 bits per heavy atom. The molecule has 0 saturated heterocycles. The van der Waals surface area contributed by atoms with E-state index in [1.54, 1.807) is 7.05 Å². The van der Waals surface area contributed by atoms with Crippen LogP contribution >= 0.6 is 0 Å². The van der Waals surface area contributed by atoms with Gasteiger partial charge in [0, 0.05) is 25.0 Å². The number of benzene rings is 1. The quantitative estimate of drug-likeness (QED) is 0.119. The summed E-state index contributed by atoms with van der Waals surface area (Å²) >= 11 is 0. The van der Waals surface area contributed by atoms with Crippen LogP contribution in [0.1, 0.15) is 56.7 Å². The van der Waals surface area contributed by atoms with Crippen molar-refractivity contribution in [1.29, 1.82) is 0 Å². The normalized spacial score (nSPS) is 19.9. The number of pyridine rings is 1. The third-order valence-corrected chi connectivity index (χ3v) is 9.06. The predicted molar refractivity (Wildman–Crippen MR) is 221 cm³/mol. The van der Waals surface area contributed by atoms with Crippen molar-refractivity contribution in [3.05, 3.63) is 213 Å². The highest BCUT2D eigenvalue weighted by atomic mass is 15.0. The first-order valence-electron chi connectivity index (χ1n) is 18.0. The summed E-state index contributed by atoms with van der Waals surface area (Å²) in [6, 6.07) is 16.0. The Morgan fingerprint density at radius 2 is 1.79 bits per heavy atom. The summed E-state index contributed by atoms with van der Waals surface area (Å²) in [5.41, 5.74) is 18.2. The maximum atomic E-state index is 5.10. The highest BCUT2D eigenvalue weighted by Crippen LogP contribution is 2.38. The van der Waals surface area contributed by atoms with Crippen LogP contribution in [0, 0.1) is 0 Å². The molecule has 0 radical (unpaired) electrons. The molecule has 6 rings (SSSR count). The zero-order valence-corrected chi connectivity index (χ0v) is 30.0. The fourth-order valence-electron chi connectivity index (χ4n) is 6.40. The number of hydrogen-bond acceptors (Lipinski definition) is 2. The minimum Gasteiger partial charge on any atom is -0.270 e. The molecule has 52 heavy (non-hydrogen) atoms. The predicted octanol–water partition coefficient (Wildman–Crippen LogP) is 11.4. The van der Waals surface area contributed by atoms with E-state index in [1.807, 2.05) is 98.2 Å². The van der Waals surface area contributed by atoms with E-state index < -0.39 is 0 Å². The zero-order valence-electron chi connectivity index (χ0n) is 30.0. The third-order valence-electron chi connectivity index (χ3n) is 9.06. The van der Waals surface area contributed by atoms with E-state index in [-0.39, 0.29) is 0 Å². The first kappa shape index (κ1) is 35.6. The number of aromatic nitrogens is 1. The smallest absolute Gasteiger partial charge is 0.170 e. The molecule has 256 valence electrons. The molecule has 0 saturated carbocycles. The van der Waals surface area contributed by atoms with Gasteiger partial charge >= 0.3 is 0 Å². The van der Waals surface area contributed by atoms with Gasteiger partial charge in [-0.05, 0) is 127 Å². The van der Waals surface area contributed by atoms with Gasteiger partial charge in [0.1, 0.15) is 0 Å². The van der Waals surface area contributed by atoms with E-state index in [4.69, 9.17) is 15.0 Å². The van der Waals surface area contributed by atoms with Crippen molar-refractivity contribution >= 4 is 24.0 Å². The Balaban J connectivity index is 1.44. The number of aliphatic imine (C=N–C) groups is 3. The molecule has 0 amide bonds. The molecule has 2 aromatic rings. The van der Waals surface area contributed by atoms with Gasteiger partial charge in [0.15, 0.2) is 11.7 Å². The fourth-order valence-corrected chi connectivity index (χ4v) is 6.40. The van der Waals surface area contributed by atoms with Gasteiger partial charge in [-0.3, -0.25) is 9.98 Å². The molecule has 1 aromatic heterocycles. The van der Waals surface area contributed by atoms with Crippen LogP contribution in [-0.2, 0) is 0 Å². The van der Waals surface area contributed by atoms with Crippen molar-refractivity contribution in [1.82, 2.24) is 4.98 Å². The molecule has 0 atom stereocenters. The number of nitrogens with zero attached hydrogens (tertiary/aromatic N) is 4. The van der Waals surface area contributed by atoms with Crippen LogP contribution in [0.25, 0.3) is 6.08 Å². The highest BCUT2D eigenvalue weighted by molar-refractivity contribution is 6.15. The number of hydrogen-bond donors (Lipinski definition) is 0. The minimum atomic E-state index is 0.500. The van der Waals surface area contributed by atoms with Crippen LogP contribution in [0.2, 0.25) is 0 Å². The van der Waals surface area contributed by atoms with Gasteiger partial charge in [-0.1, -0.05) is 103 Å². The first-order chi connectivity index (χ1) is 25.7. The average molecular weight is 677 g/mol. The van der Waals surface area contributed by atoms with Gasteiger partial charge in [-0.25, -0.2) is 9.98 Å². The van der Waals surface area contributed by atoms with Crippen molar-refractivity contribution in [3.63, 3.8) is 0 Å². The van der Waals surface area contributed by atoms with Gasteiger partial charge in [0.05, 0.1) is 11.3 Å². The second kappa shape index (κ2) is 18.7. The average Bonchev–Trinajstić information content (AvgIpc) is 3.40. The van der Waals surface area contributed by atoms with Crippen molar-refractivity contribution < 1.29 is 0 Å². The monoisotopic (exact) mass is 676 g/mol. The third kappa shape index (κ3) is 9.74. The van der Waals surface area contributed by atoms with Gasteiger partial charge in [0.2, 0.25) is 0 Å². The number of fused-ring (bicyclic) bond motifs is 1. The molecule has 4 nitrogen and oxygen atoms in total. The highest BCUT2D eigenvalue weighted by Gasteiger charge is 2.20. The van der Waals surface area contributed by atoms with Gasteiger partial charge in [-0.15, -0.1) is 11.5 Å². The Labute approximate surface area is 308 Å². The number of amidine groups is 2. The molecular weight excluding hydrogens is 633 g/mol. The van der Waals surface area contributed by atoms with Crippen molar-refractivity contribution in [3.8, 4) is 0 Å². The zero-order chi connectivity index (χ0) is 35.8. The van der Waals surface area contributed by atoms with Crippen LogP contribution in [-0.4, -0.2) is 29.9 Å². The van der Waals surface area contributed by atoms with Crippen molar-refractivity contribution in [2.24, 2.45) is 15.0 Å². The molecule has 0 bridgehead atoms. The second-order valence-corrected chi connectivity index (χ2v) is 12.5. The molecule has 0 fully saturated rings. The van der Waals surface area contributed by atoms with E-state index in [0.29, 0.717) is 17.2 Å². The lowest BCUT2D eigenvalue weighted by Crippen LogP contribution is -2.08. The molecule has 0 unspecified atom stereocenters. The molecular formula is C48H44N4. The standard InChI is InChI=1S/C48H44N4/c1-3-38(47(49-2)52-48(40-23-11-5-4-6-12-24-40)51-36-37-20-9-7-10-21-37)34-41(26-19-28-44-27-17-18-33-50-44)42-32-31-39-22-15-16-30-45(39)46-29-14-8-13-25-43(46)35-42/h3-7,9-11,13-15,17-22,24-25,27-29,32-34,36H,8,16,26,30-31,35H2,1-2H3/b5-4-,28-19+,38-3+,41-34+,42-32+,49-47-,51-36+,52-48-. The lowest BCUT2D eigenvalue weighted by molar-refractivity contribution is 0.922. The summed E-state index contributed by atoms with van der Waals surface area (Å²) in [5, 5.41) is 0. The largest absolute Gasteiger partial charge is 0.270 e. The van der Waals surface area contributed by atoms with Crippen LogP contribution in [0.5, 0.6) is 0 Å². The van der Waals surface area contributed by atoms with Gasteiger partial charge < -0.3 is 0 Å². The molecule has 0 spiro atoms. The van der Waals surface area contributed by atoms with E-state index in [0.717, 1.165) is 55.4 Å². The van der Waals surface area contributed by atoms with Gasteiger partial charge in [0.25, 0.3) is 0 Å². The molecule has 0 N–H and O–H groups in total. The molecule has 1 heterocycles. The summed E-state index contributed by atoms with van der Waals surface area (Å²) < 4.78 is 0. The SMILES string of the molecule is C/C=C(\C=C(C/C=C/c1ccccn1)\C1=C\CC2=C(CCC=C2)C2=C(C=CCC=C2)C1)C(/N=C(\N=C\c1ccccc1)C1=C=C/C=C\C=C=C1)=N/C. The molecule has 0 aliphatic heterocycles. The lowest BCUT2D eigenvalue weighted by Gasteiger charge is -2.23. The van der Waals surface area contributed by atoms with Crippen molar-refractivity contribution in [2.75, 3.05) is 7.05 Å². The minimum absolute atomic E-state index is 0.500. The lowest BCUT2D eigenvalue weighted by atomic mass is 9.81. The van der Waals surface area contributed by atoms with Crippen molar-refractivity contribution in [2.45, 2.75) is 45.4 Å². The maximum absolute atomic E-state index is 5.10. The Hall–Kier alpha value is -6.18. The van der Waals surface area contributed by atoms with Crippen LogP contribution in [0.4, 0.5) is 0 Å². The summed E-state index contributed by atoms with van der Waals surface area (Å²) in [6.45, 7) is 2.04. The summed E-state index contributed by atoms with van der Waals surface area (Å²) in [6.07, 6.45) is 43.6. The van der Waals surface area contributed by atoms with Gasteiger partial charge in [-0.2, -0.15) is 0 Å².